The number of nitrogens with one attached hydrogen (secondary N) is 2. The maximum Gasteiger partial charge on any atom is 0.123 e. The van der Waals surface area contributed by atoms with Crippen molar-refractivity contribution in [3.63, 3.8) is 0 Å². The van der Waals surface area contributed by atoms with E-state index in [0.29, 0.717) is 6.04 Å². The van der Waals surface area contributed by atoms with Crippen LogP contribution in [0.5, 0.6) is 0 Å². The Morgan fingerprint density at radius 3 is 2.96 bits per heavy atom. The summed E-state index contributed by atoms with van der Waals surface area (Å²) in [5.74, 6) is 0. The van der Waals surface area contributed by atoms with Gasteiger partial charge in [-0.25, -0.2) is 0 Å². The number of fused-ring (bicyclic) bond motifs is 1. The summed E-state index contributed by atoms with van der Waals surface area (Å²) in [6.07, 6.45) is 7.91. The van der Waals surface area contributed by atoms with Crippen LogP contribution in [-0.2, 0) is 6.42 Å². The molecule has 0 spiro atoms. The topological polar surface area (TPSA) is 61.8 Å². The van der Waals surface area contributed by atoms with E-state index in [2.05, 4.69) is 56.7 Å². The van der Waals surface area contributed by atoms with E-state index in [1.807, 2.05) is 4.57 Å². The SMILES string of the molecule is CC1CNCCN1CCCc1c[nH]c2ccc(-n3cnnc3)cc12. The Labute approximate surface area is 141 Å². The number of hydrogen-bond donors (Lipinski definition) is 2. The number of nitrogens with zero attached hydrogens (tertiary/aromatic N) is 4. The Morgan fingerprint density at radius 1 is 1.25 bits per heavy atom. The van der Waals surface area contributed by atoms with Crippen molar-refractivity contribution < 1.29 is 0 Å². The third-order valence-corrected chi connectivity index (χ3v) is 5.00. The molecule has 1 unspecified atom stereocenters. The van der Waals surface area contributed by atoms with Gasteiger partial charge in [-0.1, -0.05) is 0 Å². The highest BCUT2D eigenvalue weighted by molar-refractivity contribution is 5.85. The van der Waals surface area contributed by atoms with E-state index in [1.54, 1.807) is 12.7 Å². The normalized spacial score (nSPS) is 19.1. The van der Waals surface area contributed by atoms with Crippen molar-refractivity contribution in [2.45, 2.75) is 25.8 Å². The molecule has 2 N–H and O–H groups in total. The van der Waals surface area contributed by atoms with Crippen LogP contribution in [0.4, 0.5) is 0 Å². The van der Waals surface area contributed by atoms with E-state index in [-0.39, 0.29) is 0 Å². The molecule has 0 radical (unpaired) electrons. The first-order valence-corrected chi connectivity index (χ1v) is 8.71. The molecule has 6 nitrogen and oxygen atoms in total. The van der Waals surface area contributed by atoms with Crippen LogP contribution in [0, 0.1) is 0 Å². The van der Waals surface area contributed by atoms with Crippen LogP contribution in [-0.4, -0.2) is 56.9 Å². The maximum absolute atomic E-state index is 3.89. The van der Waals surface area contributed by atoms with Crippen molar-refractivity contribution in [2.75, 3.05) is 26.2 Å². The van der Waals surface area contributed by atoms with E-state index in [4.69, 9.17) is 0 Å². The second-order valence-corrected chi connectivity index (χ2v) is 6.61. The summed E-state index contributed by atoms with van der Waals surface area (Å²) >= 11 is 0. The molecule has 4 rings (SSSR count). The highest BCUT2D eigenvalue weighted by atomic mass is 15.2. The number of rotatable bonds is 5. The second-order valence-electron chi connectivity index (χ2n) is 6.61. The molecule has 1 aromatic carbocycles. The maximum atomic E-state index is 3.89. The highest BCUT2D eigenvalue weighted by Crippen LogP contribution is 2.23. The van der Waals surface area contributed by atoms with Crippen LogP contribution in [0.15, 0.2) is 37.1 Å². The zero-order valence-corrected chi connectivity index (χ0v) is 14.1. The minimum atomic E-state index is 0.641. The fourth-order valence-corrected chi connectivity index (χ4v) is 3.56. The largest absolute Gasteiger partial charge is 0.361 e. The van der Waals surface area contributed by atoms with E-state index in [9.17, 15) is 0 Å². The number of aromatic amines is 1. The van der Waals surface area contributed by atoms with Gasteiger partial charge in [-0.3, -0.25) is 9.47 Å². The molecule has 6 heteroatoms. The third kappa shape index (κ3) is 3.07. The zero-order valence-electron chi connectivity index (χ0n) is 14.1. The van der Waals surface area contributed by atoms with Gasteiger partial charge >= 0.3 is 0 Å². The minimum absolute atomic E-state index is 0.641. The average molecular weight is 324 g/mol. The predicted molar refractivity (Wildman–Crippen MR) is 95.4 cm³/mol. The van der Waals surface area contributed by atoms with Gasteiger partial charge in [-0.15, -0.1) is 10.2 Å². The monoisotopic (exact) mass is 324 g/mol. The van der Waals surface area contributed by atoms with Gasteiger partial charge in [0.25, 0.3) is 0 Å². The van der Waals surface area contributed by atoms with Crippen molar-refractivity contribution >= 4 is 10.9 Å². The quantitative estimate of drug-likeness (QED) is 0.753. The Kier molecular flexibility index (Phi) is 4.32. The lowest BCUT2D eigenvalue weighted by molar-refractivity contribution is 0.172. The lowest BCUT2D eigenvalue weighted by Crippen LogP contribution is -2.49. The highest BCUT2D eigenvalue weighted by Gasteiger charge is 2.17. The van der Waals surface area contributed by atoms with Crippen molar-refractivity contribution in [1.82, 2.24) is 30.0 Å². The van der Waals surface area contributed by atoms with Crippen molar-refractivity contribution in [1.29, 1.82) is 0 Å². The summed E-state index contributed by atoms with van der Waals surface area (Å²) in [5, 5.41) is 12.5. The van der Waals surface area contributed by atoms with Gasteiger partial charge in [-0.05, 0) is 50.1 Å². The van der Waals surface area contributed by atoms with E-state index < -0.39 is 0 Å². The van der Waals surface area contributed by atoms with Gasteiger partial charge in [0.15, 0.2) is 0 Å². The van der Waals surface area contributed by atoms with Crippen LogP contribution < -0.4 is 5.32 Å². The van der Waals surface area contributed by atoms with Crippen LogP contribution in [0.1, 0.15) is 18.9 Å². The molecule has 1 atom stereocenters. The van der Waals surface area contributed by atoms with Gasteiger partial charge in [0.05, 0.1) is 0 Å². The van der Waals surface area contributed by atoms with Gasteiger partial charge < -0.3 is 10.3 Å². The van der Waals surface area contributed by atoms with Gasteiger partial charge in [-0.2, -0.15) is 0 Å². The molecule has 0 aliphatic carbocycles. The lowest BCUT2D eigenvalue weighted by atomic mass is 10.1. The standard InChI is InChI=1S/C18H24N6/c1-14-10-19-6-8-23(14)7-2-3-15-11-20-18-5-4-16(9-17(15)18)24-12-21-22-13-24/h4-5,9,11-14,19-20H,2-3,6-8,10H2,1H3. The predicted octanol–water partition coefficient (Wildman–Crippen LogP) is 1.97. The molecule has 3 aromatic rings. The third-order valence-electron chi connectivity index (χ3n) is 5.00. The summed E-state index contributed by atoms with van der Waals surface area (Å²) in [5.41, 5.74) is 3.68. The van der Waals surface area contributed by atoms with Gasteiger partial charge in [0.2, 0.25) is 0 Å². The Bertz CT molecular complexity index is 791. The summed E-state index contributed by atoms with van der Waals surface area (Å²) < 4.78 is 1.94. The molecule has 0 saturated carbocycles. The molecule has 0 amide bonds. The summed E-state index contributed by atoms with van der Waals surface area (Å²) in [6.45, 7) is 6.85. The van der Waals surface area contributed by atoms with E-state index >= 15 is 0 Å². The fourth-order valence-electron chi connectivity index (χ4n) is 3.56. The molecule has 1 fully saturated rings. The molecule has 1 saturated heterocycles. The van der Waals surface area contributed by atoms with Gasteiger partial charge in [0.1, 0.15) is 12.7 Å². The smallest absolute Gasteiger partial charge is 0.123 e. The first-order chi connectivity index (χ1) is 11.8. The first-order valence-electron chi connectivity index (χ1n) is 8.71. The van der Waals surface area contributed by atoms with E-state index in [1.165, 1.54) is 29.4 Å². The summed E-state index contributed by atoms with van der Waals surface area (Å²) in [6, 6.07) is 7.08. The fraction of sp³-hybridized carbons (Fsp3) is 0.444. The van der Waals surface area contributed by atoms with Crippen LogP contribution in [0.2, 0.25) is 0 Å². The zero-order chi connectivity index (χ0) is 16.4. The van der Waals surface area contributed by atoms with E-state index in [0.717, 1.165) is 31.7 Å². The molecule has 0 bridgehead atoms. The number of hydrogen-bond acceptors (Lipinski definition) is 4. The number of aryl methyl sites for hydroxylation is 1. The Hall–Kier alpha value is -2.18. The lowest BCUT2D eigenvalue weighted by Gasteiger charge is -2.33. The summed E-state index contributed by atoms with van der Waals surface area (Å²) in [7, 11) is 0. The summed E-state index contributed by atoms with van der Waals surface area (Å²) in [4.78, 5) is 5.98. The molecule has 126 valence electrons. The number of H-pyrrole nitrogens is 1. The molecule has 1 aliphatic rings. The molecular weight excluding hydrogens is 300 g/mol. The molecule has 2 aromatic heterocycles. The van der Waals surface area contributed by atoms with Crippen molar-refractivity contribution in [2.24, 2.45) is 0 Å². The minimum Gasteiger partial charge on any atom is -0.361 e. The molecular formula is C18H24N6. The van der Waals surface area contributed by atoms with Crippen LogP contribution >= 0.6 is 0 Å². The average Bonchev–Trinajstić information content (AvgIpc) is 3.26. The number of aromatic nitrogens is 4. The first kappa shape index (κ1) is 15.4. The molecule has 24 heavy (non-hydrogen) atoms. The number of piperazine rings is 1. The Balaban J connectivity index is 1.47. The second kappa shape index (κ2) is 6.75. The van der Waals surface area contributed by atoms with Crippen molar-refractivity contribution in [3.05, 3.63) is 42.6 Å². The van der Waals surface area contributed by atoms with Crippen LogP contribution in [0.3, 0.4) is 0 Å². The molecule has 1 aliphatic heterocycles. The number of benzene rings is 1. The van der Waals surface area contributed by atoms with Gasteiger partial charge in [0, 0.05) is 48.5 Å². The van der Waals surface area contributed by atoms with Crippen LogP contribution in [0.25, 0.3) is 16.6 Å². The van der Waals surface area contributed by atoms with Crippen molar-refractivity contribution in [3.8, 4) is 5.69 Å². The molecule has 3 heterocycles. The Morgan fingerprint density at radius 2 is 2.12 bits per heavy atom.